The number of amides is 1. The van der Waals surface area contributed by atoms with Crippen LogP contribution < -0.4 is 10.8 Å². The molecule has 0 saturated heterocycles. The van der Waals surface area contributed by atoms with Gasteiger partial charge >= 0.3 is 6.18 Å². The Labute approximate surface area is 206 Å². The molecule has 1 aromatic carbocycles. The van der Waals surface area contributed by atoms with Crippen molar-refractivity contribution in [1.29, 1.82) is 0 Å². The molecule has 5 rings (SSSR count). The molecule has 0 saturated carbocycles. The average Bonchev–Trinajstić information content (AvgIpc) is 3.34. The molecule has 0 radical (unpaired) electrons. The molecule has 10 heteroatoms. The Kier molecular flexibility index (Phi) is 6.05. The van der Waals surface area contributed by atoms with E-state index >= 15 is 0 Å². The topological polar surface area (TPSA) is 75.4 Å². The highest BCUT2D eigenvalue weighted by molar-refractivity contribution is 5.82. The van der Waals surface area contributed by atoms with Crippen LogP contribution in [0.15, 0.2) is 41.4 Å². The summed E-state index contributed by atoms with van der Waals surface area (Å²) in [4.78, 5) is 27.6. The summed E-state index contributed by atoms with van der Waals surface area (Å²) >= 11 is 0. The van der Waals surface area contributed by atoms with Crippen molar-refractivity contribution >= 4 is 17.3 Å². The van der Waals surface area contributed by atoms with Gasteiger partial charge in [0.05, 0.1) is 17.2 Å². The second kappa shape index (κ2) is 9.07. The number of alkyl halides is 3. The van der Waals surface area contributed by atoms with Gasteiger partial charge in [-0.05, 0) is 49.6 Å². The van der Waals surface area contributed by atoms with E-state index in [0.717, 1.165) is 60.0 Å². The summed E-state index contributed by atoms with van der Waals surface area (Å²) in [6.07, 6.45) is -1.62. The molecule has 0 bridgehead atoms. The molecule has 0 aromatic heterocycles. The van der Waals surface area contributed by atoms with Crippen molar-refractivity contribution in [1.82, 2.24) is 19.4 Å². The van der Waals surface area contributed by atoms with E-state index in [-0.39, 0.29) is 5.91 Å². The molecule has 1 amide bonds. The van der Waals surface area contributed by atoms with Gasteiger partial charge in [-0.25, -0.2) is 9.97 Å². The van der Waals surface area contributed by atoms with Crippen LogP contribution in [0, 0.1) is 6.92 Å². The highest BCUT2D eigenvalue weighted by atomic mass is 19.4. The number of hydrogen-bond donors (Lipinski definition) is 1. The lowest BCUT2D eigenvalue weighted by molar-refractivity contribution is -0.137. The van der Waals surface area contributed by atoms with Crippen LogP contribution in [0.3, 0.4) is 0 Å². The number of halogens is 3. The van der Waals surface area contributed by atoms with Gasteiger partial charge in [0.2, 0.25) is 5.91 Å². The molecule has 188 valence electrons. The minimum atomic E-state index is -4.42. The minimum Gasteiger partial charge on any atom is -0.369 e. The molecule has 7 nitrogen and oxygen atoms in total. The van der Waals surface area contributed by atoms with Gasteiger partial charge in [-0.15, -0.1) is 0 Å². The standard InChI is InChI=1S/C26H27F3N6O/c1-15(19-5-4-6-20(13-19)26(27,28)29)31-23-22-14-21(18-7-10-34(11-8-18)17(3)36)24-30-9-12-35(24)25(22)33-16(2)32-23/h4-7,13-15,30H,8-12H2,1-3H3/t15-/m1/s1. The Hall–Kier alpha value is -3.69. The van der Waals surface area contributed by atoms with Crippen molar-refractivity contribution in [2.45, 2.75) is 46.0 Å². The van der Waals surface area contributed by atoms with Crippen LogP contribution in [0.25, 0.3) is 17.0 Å². The third-order valence-electron chi connectivity index (χ3n) is 6.73. The van der Waals surface area contributed by atoms with Gasteiger partial charge < -0.3 is 14.8 Å². The third kappa shape index (κ3) is 4.47. The first-order chi connectivity index (χ1) is 17.1. The SMILES string of the molecule is CC(=O)N1CC=C(c2cc3c(=N[C@H](C)c4cccc(C(F)(F)F)c4)nc(C)nc-3n3c2NCC3)CC1. The zero-order valence-corrected chi connectivity index (χ0v) is 20.4. The fourth-order valence-electron chi connectivity index (χ4n) is 4.82. The summed E-state index contributed by atoms with van der Waals surface area (Å²) < 4.78 is 41.9. The number of carbonyl (C=O) groups is 1. The first-order valence-electron chi connectivity index (χ1n) is 11.9. The Balaban J connectivity index is 1.63. The number of nitrogens with one attached hydrogen (secondary N) is 1. The van der Waals surface area contributed by atoms with Crippen LogP contribution in [0.5, 0.6) is 0 Å². The maximum atomic E-state index is 13.2. The number of aryl methyl sites for hydroxylation is 1. The van der Waals surface area contributed by atoms with E-state index in [0.29, 0.717) is 30.0 Å². The number of benzene rings is 1. The van der Waals surface area contributed by atoms with Crippen LogP contribution in [0.2, 0.25) is 0 Å². The molecule has 1 aromatic rings. The molecule has 0 aliphatic carbocycles. The Bertz CT molecular complexity index is 1410. The number of hydrogen-bond acceptors (Lipinski definition) is 5. The Morgan fingerprint density at radius 2 is 1.97 bits per heavy atom. The van der Waals surface area contributed by atoms with E-state index in [9.17, 15) is 18.0 Å². The Morgan fingerprint density at radius 3 is 2.67 bits per heavy atom. The smallest absolute Gasteiger partial charge is 0.369 e. The lowest BCUT2D eigenvalue weighted by Crippen LogP contribution is -2.32. The van der Waals surface area contributed by atoms with Gasteiger partial charge in [-0.3, -0.25) is 9.79 Å². The molecule has 4 aliphatic heterocycles. The van der Waals surface area contributed by atoms with Crippen molar-refractivity contribution in [2.75, 3.05) is 25.0 Å². The van der Waals surface area contributed by atoms with E-state index in [1.54, 1.807) is 31.7 Å². The maximum Gasteiger partial charge on any atom is 0.416 e. The first-order valence-corrected chi connectivity index (χ1v) is 11.9. The van der Waals surface area contributed by atoms with Crippen LogP contribution >= 0.6 is 0 Å². The van der Waals surface area contributed by atoms with Crippen molar-refractivity contribution < 1.29 is 18.0 Å². The fourth-order valence-corrected chi connectivity index (χ4v) is 4.82. The Morgan fingerprint density at radius 1 is 1.17 bits per heavy atom. The summed E-state index contributed by atoms with van der Waals surface area (Å²) in [6, 6.07) is 6.73. The lowest BCUT2D eigenvalue weighted by Gasteiger charge is -2.27. The molecule has 0 spiro atoms. The number of pyridine rings is 1. The normalized spacial score (nSPS) is 17.1. The van der Waals surface area contributed by atoms with Gasteiger partial charge in [0, 0.05) is 38.7 Å². The number of anilines is 1. The molecule has 0 fully saturated rings. The van der Waals surface area contributed by atoms with Gasteiger partial charge in [-0.2, -0.15) is 13.2 Å². The minimum absolute atomic E-state index is 0.0510. The van der Waals surface area contributed by atoms with Gasteiger partial charge in [0.1, 0.15) is 17.5 Å². The van der Waals surface area contributed by atoms with Crippen molar-refractivity contribution in [3.63, 3.8) is 0 Å². The van der Waals surface area contributed by atoms with E-state index in [1.807, 2.05) is 6.07 Å². The first kappa shape index (κ1) is 24.0. The van der Waals surface area contributed by atoms with E-state index < -0.39 is 17.8 Å². The van der Waals surface area contributed by atoms with Crippen molar-refractivity contribution in [3.8, 4) is 11.4 Å². The third-order valence-corrected chi connectivity index (χ3v) is 6.73. The van der Waals surface area contributed by atoms with E-state index in [1.165, 1.54) is 6.07 Å². The van der Waals surface area contributed by atoms with Crippen molar-refractivity contribution in [2.24, 2.45) is 4.99 Å². The molecule has 4 heterocycles. The molecular weight excluding hydrogens is 469 g/mol. The zero-order valence-electron chi connectivity index (χ0n) is 20.4. The highest BCUT2D eigenvalue weighted by Crippen LogP contribution is 2.36. The molecular formula is C26H27F3N6O. The number of rotatable bonds is 3. The van der Waals surface area contributed by atoms with Crippen LogP contribution in [-0.2, 0) is 17.5 Å². The number of fused-ring (bicyclic) bond motifs is 3. The number of nitrogens with zero attached hydrogens (tertiary/aromatic N) is 5. The van der Waals surface area contributed by atoms with Crippen LogP contribution in [0.4, 0.5) is 19.0 Å². The second-order valence-electron chi connectivity index (χ2n) is 9.19. The summed E-state index contributed by atoms with van der Waals surface area (Å²) in [7, 11) is 0. The molecule has 0 unspecified atom stereocenters. The van der Waals surface area contributed by atoms with Gasteiger partial charge in [0.25, 0.3) is 0 Å². The molecule has 36 heavy (non-hydrogen) atoms. The summed E-state index contributed by atoms with van der Waals surface area (Å²) in [5.74, 6) is 2.30. The zero-order chi connectivity index (χ0) is 25.6. The largest absolute Gasteiger partial charge is 0.416 e. The highest BCUT2D eigenvalue weighted by Gasteiger charge is 2.31. The maximum absolute atomic E-state index is 13.2. The molecule has 1 atom stereocenters. The van der Waals surface area contributed by atoms with Crippen molar-refractivity contribution in [3.05, 3.63) is 64.4 Å². The quantitative estimate of drug-likeness (QED) is 0.582. The van der Waals surface area contributed by atoms with Crippen LogP contribution in [0.1, 0.15) is 48.8 Å². The summed E-state index contributed by atoms with van der Waals surface area (Å²) in [5, 5.41) is 3.46. The number of aromatic nitrogens is 3. The summed E-state index contributed by atoms with van der Waals surface area (Å²) in [5.41, 5.74) is 3.11. The molecule has 1 N–H and O–H groups in total. The van der Waals surface area contributed by atoms with E-state index in [4.69, 9.17) is 4.99 Å². The van der Waals surface area contributed by atoms with Gasteiger partial charge in [0.15, 0.2) is 5.49 Å². The second-order valence-corrected chi connectivity index (χ2v) is 9.19. The van der Waals surface area contributed by atoms with Gasteiger partial charge in [-0.1, -0.05) is 18.2 Å². The predicted octanol–water partition coefficient (Wildman–Crippen LogP) is 4.43. The fraction of sp³-hybridized carbons (Fsp3) is 0.385. The monoisotopic (exact) mass is 496 g/mol. The summed E-state index contributed by atoms with van der Waals surface area (Å²) in [6.45, 7) is 7.81. The predicted molar refractivity (Wildman–Crippen MR) is 130 cm³/mol. The van der Waals surface area contributed by atoms with Crippen LogP contribution in [-0.4, -0.2) is 45.0 Å². The number of carbonyl (C=O) groups excluding carboxylic acids is 1. The lowest BCUT2D eigenvalue weighted by atomic mass is 9.97. The van der Waals surface area contributed by atoms with E-state index in [2.05, 4.69) is 25.9 Å². The molecule has 4 aliphatic rings. The average molecular weight is 497 g/mol.